The summed E-state index contributed by atoms with van der Waals surface area (Å²) in [5.41, 5.74) is 7.72. The van der Waals surface area contributed by atoms with Gasteiger partial charge in [0.05, 0.1) is 11.1 Å². The Balaban J connectivity index is 0.000000201. The number of nitrogens with one attached hydrogen (secondary N) is 1. The maximum absolute atomic E-state index is 12.9. The van der Waals surface area contributed by atoms with Gasteiger partial charge in [0.2, 0.25) is 5.43 Å². The van der Waals surface area contributed by atoms with Crippen molar-refractivity contribution in [1.29, 1.82) is 0 Å². The Labute approximate surface area is 202 Å². The SMILES string of the molecule is Cc1cnc2c(C)noc2c1C.[C-]#[N+]Cn1c(C)c(C(=O)c2ccccc2)c2[nH]cc(C)c(=O)c21. The number of rotatable bonds is 3. The predicted octanol–water partition coefficient (Wildman–Crippen LogP) is 5.20. The Morgan fingerprint density at radius 1 is 1.11 bits per heavy atom. The summed E-state index contributed by atoms with van der Waals surface area (Å²) < 4.78 is 6.76. The van der Waals surface area contributed by atoms with Crippen LogP contribution in [-0.2, 0) is 6.67 Å². The van der Waals surface area contributed by atoms with Gasteiger partial charge in [0, 0.05) is 34.8 Å². The molecule has 0 atom stereocenters. The van der Waals surface area contributed by atoms with Crippen molar-refractivity contribution in [3.8, 4) is 0 Å². The number of aryl methyl sites for hydroxylation is 4. The van der Waals surface area contributed by atoms with Gasteiger partial charge in [0.15, 0.2) is 11.4 Å². The Bertz CT molecular complexity index is 1670. The smallest absolute Gasteiger partial charge is 0.293 e. The highest BCUT2D eigenvalue weighted by molar-refractivity contribution is 6.16. The van der Waals surface area contributed by atoms with Crippen molar-refractivity contribution in [2.75, 3.05) is 0 Å². The molecule has 0 saturated carbocycles. The molecule has 0 saturated heterocycles. The lowest BCUT2D eigenvalue weighted by Crippen LogP contribution is -2.11. The first-order valence-electron chi connectivity index (χ1n) is 11.1. The highest BCUT2D eigenvalue weighted by atomic mass is 16.5. The van der Waals surface area contributed by atoms with Crippen LogP contribution in [0.3, 0.4) is 0 Å². The van der Waals surface area contributed by atoms with Gasteiger partial charge in [-0.25, -0.2) is 6.57 Å². The first kappa shape index (κ1) is 23.6. The van der Waals surface area contributed by atoms with Crippen LogP contribution in [0.5, 0.6) is 0 Å². The molecule has 0 bridgehead atoms. The predicted molar refractivity (Wildman–Crippen MR) is 135 cm³/mol. The number of nitrogens with zero attached hydrogens (tertiary/aromatic N) is 4. The average Bonchev–Trinajstić information content (AvgIpc) is 3.37. The van der Waals surface area contributed by atoms with E-state index in [1.54, 1.807) is 48.9 Å². The van der Waals surface area contributed by atoms with Gasteiger partial charge in [-0.2, -0.15) is 0 Å². The van der Waals surface area contributed by atoms with Crippen molar-refractivity contribution in [1.82, 2.24) is 19.7 Å². The summed E-state index contributed by atoms with van der Waals surface area (Å²) in [6, 6.07) is 8.93. The fourth-order valence-corrected chi connectivity index (χ4v) is 4.01. The number of carbonyl (C=O) groups excluding carboxylic acids is 1. The van der Waals surface area contributed by atoms with Crippen molar-refractivity contribution in [3.05, 3.63) is 104 Å². The fourth-order valence-electron chi connectivity index (χ4n) is 4.01. The minimum absolute atomic E-state index is 0.0108. The van der Waals surface area contributed by atoms with E-state index in [0.29, 0.717) is 33.4 Å². The first-order valence-corrected chi connectivity index (χ1v) is 11.1. The van der Waals surface area contributed by atoms with Crippen molar-refractivity contribution in [2.45, 2.75) is 41.3 Å². The Hall–Kier alpha value is -4.51. The van der Waals surface area contributed by atoms with E-state index in [1.807, 2.05) is 33.0 Å². The number of aromatic nitrogens is 4. The second-order valence-corrected chi connectivity index (χ2v) is 8.42. The lowest BCUT2D eigenvalue weighted by atomic mass is 10.0. The molecule has 1 N–H and O–H groups in total. The molecule has 4 heterocycles. The second kappa shape index (κ2) is 9.39. The molecule has 0 aliphatic carbocycles. The number of hydrogen-bond acceptors (Lipinski definition) is 5. The molecule has 0 fully saturated rings. The number of H-pyrrole nitrogens is 1. The van der Waals surface area contributed by atoms with Crippen LogP contribution < -0.4 is 5.43 Å². The highest BCUT2D eigenvalue weighted by Gasteiger charge is 2.24. The van der Waals surface area contributed by atoms with E-state index in [0.717, 1.165) is 27.9 Å². The lowest BCUT2D eigenvalue weighted by molar-refractivity contribution is 0.103. The van der Waals surface area contributed by atoms with Crippen molar-refractivity contribution >= 4 is 27.9 Å². The number of pyridine rings is 2. The molecule has 0 amide bonds. The number of ketones is 1. The molecule has 0 aliphatic heterocycles. The molecule has 8 nitrogen and oxygen atoms in total. The van der Waals surface area contributed by atoms with Crippen LogP contribution in [0.25, 0.3) is 27.0 Å². The number of aromatic amines is 1. The summed E-state index contributed by atoms with van der Waals surface area (Å²) >= 11 is 0. The summed E-state index contributed by atoms with van der Waals surface area (Å²) in [6.07, 6.45) is 3.45. The molecule has 35 heavy (non-hydrogen) atoms. The molecule has 0 unspecified atom stereocenters. The zero-order valence-corrected chi connectivity index (χ0v) is 20.3. The van der Waals surface area contributed by atoms with Crippen molar-refractivity contribution in [2.24, 2.45) is 0 Å². The second-order valence-electron chi connectivity index (χ2n) is 8.42. The monoisotopic (exact) mass is 467 g/mol. The third kappa shape index (κ3) is 4.13. The van der Waals surface area contributed by atoms with E-state index in [4.69, 9.17) is 11.1 Å². The zero-order valence-electron chi connectivity index (χ0n) is 20.3. The molecular weight excluding hydrogens is 442 g/mol. The number of carbonyl (C=O) groups is 1. The average molecular weight is 468 g/mol. The van der Waals surface area contributed by atoms with Crippen LogP contribution in [-0.4, -0.2) is 25.5 Å². The molecule has 0 aliphatic rings. The third-order valence-electron chi connectivity index (χ3n) is 6.16. The Morgan fingerprint density at radius 3 is 2.51 bits per heavy atom. The minimum atomic E-state index is -0.156. The molecule has 0 spiro atoms. The van der Waals surface area contributed by atoms with Crippen LogP contribution in [0.2, 0.25) is 0 Å². The van der Waals surface area contributed by atoms with Crippen LogP contribution in [0.4, 0.5) is 0 Å². The van der Waals surface area contributed by atoms with Gasteiger partial charge >= 0.3 is 0 Å². The largest absolute Gasteiger partial charge is 0.359 e. The molecule has 176 valence electrons. The molecule has 5 rings (SSSR count). The van der Waals surface area contributed by atoms with E-state index in [2.05, 4.69) is 20.0 Å². The normalized spacial score (nSPS) is 10.7. The number of benzene rings is 1. The van der Waals surface area contributed by atoms with E-state index in [-0.39, 0.29) is 17.9 Å². The van der Waals surface area contributed by atoms with E-state index in [9.17, 15) is 9.59 Å². The highest BCUT2D eigenvalue weighted by Crippen LogP contribution is 2.25. The van der Waals surface area contributed by atoms with Gasteiger partial charge in [-0.15, -0.1) is 0 Å². The molecule has 4 aromatic heterocycles. The van der Waals surface area contributed by atoms with Crippen LogP contribution >= 0.6 is 0 Å². The van der Waals surface area contributed by atoms with Gasteiger partial charge in [-0.1, -0.05) is 35.5 Å². The summed E-state index contributed by atoms with van der Waals surface area (Å²) in [5, 5.41) is 3.86. The van der Waals surface area contributed by atoms with Crippen LogP contribution in [0, 0.1) is 41.2 Å². The zero-order chi connectivity index (χ0) is 25.3. The van der Waals surface area contributed by atoms with Gasteiger partial charge < -0.3 is 9.51 Å². The third-order valence-corrected chi connectivity index (χ3v) is 6.16. The van der Waals surface area contributed by atoms with Gasteiger partial charge in [-0.3, -0.25) is 24.0 Å². The lowest BCUT2D eigenvalue weighted by Gasteiger charge is -2.02. The van der Waals surface area contributed by atoms with E-state index in [1.165, 1.54) is 0 Å². The quantitative estimate of drug-likeness (QED) is 0.290. The van der Waals surface area contributed by atoms with Gasteiger partial charge in [-0.05, 0) is 40.2 Å². The number of fused-ring (bicyclic) bond motifs is 2. The summed E-state index contributed by atoms with van der Waals surface area (Å²) in [6.45, 7) is 16.5. The standard InChI is InChI=1S/C18H15N3O2.C9H10N2O/c1-11-9-20-15-14(18(23)13-7-5-4-6-8-13)12(2)21(10-19-3)16(15)17(11)22;1-5-4-10-8-7(3)11-12-9(8)6(5)2/h4-9H,10H2,1-2H3,(H,20,22);4H,1-3H3. The van der Waals surface area contributed by atoms with Crippen molar-refractivity contribution < 1.29 is 9.32 Å². The maximum Gasteiger partial charge on any atom is 0.293 e. The molecule has 0 radical (unpaired) electrons. The molecule has 5 aromatic rings. The van der Waals surface area contributed by atoms with Gasteiger partial charge in [0.25, 0.3) is 6.67 Å². The van der Waals surface area contributed by atoms with E-state index < -0.39 is 0 Å². The van der Waals surface area contributed by atoms with E-state index >= 15 is 0 Å². The molecular formula is C27H25N5O3. The minimum Gasteiger partial charge on any atom is -0.359 e. The molecule has 1 aromatic carbocycles. The summed E-state index contributed by atoms with van der Waals surface area (Å²) in [5.74, 6) is -0.156. The summed E-state index contributed by atoms with van der Waals surface area (Å²) in [4.78, 5) is 36.1. The Kier molecular flexibility index (Phi) is 6.34. The maximum atomic E-state index is 12.9. The topological polar surface area (TPSA) is 98.1 Å². The van der Waals surface area contributed by atoms with Crippen LogP contribution in [0.1, 0.15) is 44.0 Å². The van der Waals surface area contributed by atoms with Crippen molar-refractivity contribution in [3.63, 3.8) is 0 Å². The number of hydrogen-bond donors (Lipinski definition) is 1. The van der Waals surface area contributed by atoms with Gasteiger partial charge in [0.1, 0.15) is 16.7 Å². The Morgan fingerprint density at radius 2 is 1.83 bits per heavy atom. The summed E-state index contributed by atoms with van der Waals surface area (Å²) in [7, 11) is 0. The fraction of sp³-hybridized carbons (Fsp3) is 0.222. The van der Waals surface area contributed by atoms with Crippen LogP contribution in [0.15, 0.2) is 52.0 Å². The first-order chi connectivity index (χ1) is 16.8. The molecule has 8 heteroatoms.